The average Bonchev–Trinajstić information content (AvgIpc) is 2.16. The number of hydrogen-bond acceptors (Lipinski definition) is 0. The molecule has 0 aliphatic rings. The van der Waals surface area contributed by atoms with Crippen LogP contribution < -0.4 is 0 Å². The lowest BCUT2D eigenvalue weighted by atomic mass is 10.0. The molecule has 0 spiro atoms. The second-order valence-corrected chi connectivity index (χ2v) is 3.34. The first-order valence-corrected chi connectivity index (χ1v) is 4.86. The smallest absolute Gasteiger partial charge is 0.0489 e. The molecule has 0 heterocycles. The fourth-order valence-corrected chi connectivity index (χ4v) is 1.39. The Labute approximate surface area is 90.2 Å². The van der Waals surface area contributed by atoms with Crippen molar-refractivity contribution in [3.8, 4) is 0 Å². The zero-order chi connectivity index (χ0) is 10.4. The third-order valence-electron chi connectivity index (χ3n) is 1.69. The Bertz CT molecular complexity index is 270. The fraction of sp³-hybridized carbons (Fsp3) is 0.273. The molecule has 13 heavy (non-hydrogen) atoms. The van der Waals surface area contributed by atoms with Gasteiger partial charge in [-0.05, 0) is 18.9 Å². The van der Waals surface area contributed by atoms with E-state index < -0.39 is 0 Å². The van der Waals surface area contributed by atoms with Gasteiger partial charge in [0.15, 0.2) is 0 Å². The second kappa shape index (κ2) is 6.06. The summed E-state index contributed by atoms with van der Waals surface area (Å²) in [6.07, 6.45) is 4.19. The summed E-state index contributed by atoms with van der Waals surface area (Å²) in [7, 11) is 0. The van der Waals surface area contributed by atoms with E-state index in [-0.39, 0.29) is 0 Å². The summed E-state index contributed by atoms with van der Waals surface area (Å²) in [5, 5.41) is 1.17. The molecule has 0 aromatic heterocycles. The molecule has 0 unspecified atom stereocenters. The minimum Gasteiger partial charge on any atom is -0.0976 e. The van der Waals surface area contributed by atoms with E-state index in [1.807, 2.05) is 13.8 Å². The average molecular weight is 217 g/mol. The van der Waals surface area contributed by atoms with Crippen molar-refractivity contribution < 1.29 is 0 Å². The monoisotopic (exact) mass is 216 g/mol. The summed E-state index contributed by atoms with van der Waals surface area (Å²) in [5.74, 6) is 0. The van der Waals surface area contributed by atoms with Gasteiger partial charge >= 0.3 is 0 Å². The third-order valence-corrected chi connectivity index (χ3v) is 2.44. The molecule has 0 fully saturated rings. The lowest BCUT2D eigenvalue weighted by Crippen LogP contribution is -1.90. The normalized spacial score (nSPS) is 13.7. The highest BCUT2D eigenvalue weighted by molar-refractivity contribution is 6.37. The third kappa shape index (κ3) is 3.41. The van der Waals surface area contributed by atoms with Crippen molar-refractivity contribution in [3.63, 3.8) is 0 Å². The maximum Gasteiger partial charge on any atom is 0.0489 e. The van der Waals surface area contributed by atoms with E-state index in [0.717, 1.165) is 17.6 Å². The Kier molecular flexibility index (Phi) is 5.85. The van der Waals surface area contributed by atoms with Crippen molar-refractivity contribution in [1.82, 2.24) is 0 Å². The Morgan fingerprint density at radius 3 is 2.23 bits per heavy atom. The molecular weight excluding hydrogens is 203 g/mol. The van der Waals surface area contributed by atoms with E-state index >= 15 is 0 Å². The van der Waals surface area contributed by atoms with Gasteiger partial charge in [0, 0.05) is 15.6 Å². The molecule has 0 aliphatic carbocycles. The van der Waals surface area contributed by atoms with Crippen molar-refractivity contribution >= 4 is 23.2 Å². The van der Waals surface area contributed by atoms with Crippen molar-refractivity contribution in [2.75, 3.05) is 0 Å². The maximum atomic E-state index is 5.99. The van der Waals surface area contributed by atoms with Crippen molar-refractivity contribution in [2.45, 2.75) is 20.3 Å². The minimum atomic E-state index is 0.551. The highest BCUT2D eigenvalue weighted by atomic mass is 35.5. The van der Waals surface area contributed by atoms with E-state index in [0.29, 0.717) is 10.1 Å². The standard InChI is InChI=1S/C11H14Cl2/c1-5-8(4)11(9(12)6-2)10(13)7-3/h6-7H,2,4-5H2,1,3H3/b10-7+,11-9+. The Morgan fingerprint density at radius 1 is 1.38 bits per heavy atom. The van der Waals surface area contributed by atoms with Crippen LogP contribution in [0.3, 0.4) is 0 Å². The Balaban J connectivity index is 5.22. The van der Waals surface area contributed by atoms with E-state index in [1.54, 1.807) is 12.2 Å². The molecule has 0 aromatic rings. The van der Waals surface area contributed by atoms with Crippen LogP contribution in [0.25, 0.3) is 0 Å². The van der Waals surface area contributed by atoms with Crippen LogP contribution in [0.1, 0.15) is 20.3 Å². The molecule has 0 atom stereocenters. The zero-order valence-corrected chi connectivity index (χ0v) is 9.54. The fourth-order valence-electron chi connectivity index (χ4n) is 0.875. The number of allylic oxidation sites excluding steroid dienone is 6. The summed E-state index contributed by atoms with van der Waals surface area (Å²) in [4.78, 5) is 0. The van der Waals surface area contributed by atoms with Crippen molar-refractivity contribution in [1.29, 1.82) is 0 Å². The molecule has 0 amide bonds. The Hall–Kier alpha value is -0.460. The molecule has 0 nitrogen and oxygen atoms in total. The molecule has 0 aromatic carbocycles. The van der Waals surface area contributed by atoms with Crippen LogP contribution in [0.5, 0.6) is 0 Å². The summed E-state index contributed by atoms with van der Waals surface area (Å²) in [5.41, 5.74) is 1.72. The van der Waals surface area contributed by atoms with E-state index in [9.17, 15) is 0 Å². The maximum absolute atomic E-state index is 5.99. The molecule has 0 rings (SSSR count). The van der Waals surface area contributed by atoms with Crippen LogP contribution in [-0.2, 0) is 0 Å². The van der Waals surface area contributed by atoms with Gasteiger partial charge in [0.25, 0.3) is 0 Å². The molecule has 0 N–H and O–H groups in total. The number of hydrogen-bond donors (Lipinski definition) is 0. The summed E-state index contributed by atoms with van der Waals surface area (Å²) in [6.45, 7) is 11.4. The second-order valence-electron chi connectivity index (χ2n) is 2.52. The summed E-state index contributed by atoms with van der Waals surface area (Å²) < 4.78 is 0. The van der Waals surface area contributed by atoms with Crippen LogP contribution >= 0.6 is 23.2 Å². The van der Waals surface area contributed by atoms with Gasteiger partial charge in [0.05, 0.1) is 0 Å². The first-order valence-electron chi connectivity index (χ1n) is 4.11. The molecule has 0 radical (unpaired) electrons. The predicted molar refractivity (Wildman–Crippen MR) is 62.1 cm³/mol. The van der Waals surface area contributed by atoms with Crippen LogP contribution in [0.15, 0.2) is 46.5 Å². The Morgan fingerprint density at radius 2 is 1.92 bits per heavy atom. The van der Waals surface area contributed by atoms with Crippen LogP contribution in [0.2, 0.25) is 0 Å². The van der Waals surface area contributed by atoms with E-state index in [1.165, 1.54) is 0 Å². The molecule has 0 bridgehead atoms. The molecular formula is C11H14Cl2. The first kappa shape index (κ1) is 12.5. The van der Waals surface area contributed by atoms with Gasteiger partial charge in [-0.3, -0.25) is 0 Å². The van der Waals surface area contributed by atoms with Gasteiger partial charge < -0.3 is 0 Å². The number of rotatable bonds is 4. The van der Waals surface area contributed by atoms with Crippen molar-refractivity contribution in [2.24, 2.45) is 0 Å². The highest BCUT2D eigenvalue weighted by Crippen LogP contribution is 2.29. The lowest BCUT2D eigenvalue weighted by Gasteiger charge is -2.09. The predicted octanol–water partition coefficient (Wildman–Crippen LogP) is 4.77. The minimum absolute atomic E-state index is 0.551. The topological polar surface area (TPSA) is 0 Å². The quantitative estimate of drug-likeness (QED) is 0.594. The van der Waals surface area contributed by atoms with Crippen molar-refractivity contribution in [3.05, 3.63) is 46.5 Å². The van der Waals surface area contributed by atoms with Crippen LogP contribution in [0.4, 0.5) is 0 Å². The lowest BCUT2D eigenvalue weighted by molar-refractivity contribution is 1.13. The highest BCUT2D eigenvalue weighted by Gasteiger charge is 2.08. The largest absolute Gasteiger partial charge is 0.0976 e. The van der Waals surface area contributed by atoms with Gasteiger partial charge in [0.1, 0.15) is 0 Å². The van der Waals surface area contributed by atoms with Gasteiger partial charge in [-0.15, -0.1) is 0 Å². The molecule has 0 aliphatic heterocycles. The molecule has 2 heteroatoms. The molecule has 0 saturated heterocycles. The van der Waals surface area contributed by atoms with Gasteiger partial charge in [-0.1, -0.05) is 55.4 Å². The van der Waals surface area contributed by atoms with Gasteiger partial charge in [-0.25, -0.2) is 0 Å². The SMILES string of the molecule is C=C/C(Cl)=C(C(=C)CC)\C(Cl)=C/C. The van der Waals surface area contributed by atoms with Crippen LogP contribution in [-0.4, -0.2) is 0 Å². The first-order chi connectivity index (χ1) is 6.08. The molecule has 0 saturated carbocycles. The van der Waals surface area contributed by atoms with Crippen LogP contribution in [0, 0.1) is 0 Å². The number of halogens is 2. The van der Waals surface area contributed by atoms with Gasteiger partial charge in [0.2, 0.25) is 0 Å². The molecule has 72 valence electrons. The van der Waals surface area contributed by atoms with E-state index in [2.05, 4.69) is 13.2 Å². The summed E-state index contributed by atoms with van der Waals surface area (Å²) in [6, 6.07) is 0. The van der Waals surface area contributed by atoms with Gasteiger partial charge in [-0.2, -0.15) is 0 Å². The summed E-state index contributed by atoms with van der Waals surface area (Å²) >= 11 is 11.9. The van der Waals surface area contributed by atoms with E-state index in [4.69, 9.17) is 23.2 Å². The zero-order valence-electron chi connectivity index (χ0n) is 8.03.